The Labute approximate surface area is 181 Å². The summed E-state index contributed by atoms with van der Waals surface area (Å²) in [4.78, 5) is 23.6. The third-order valence-corrected chi connectivity index (χ3v) is 7.35. The van der Waals surface area contributed by atoms with Crippen LogP contribution < -0.4 is 14.9 Å². The molecular weight excluding hydrogens is 420 g/mol. The van der Waals surface area contributed by atoms with E-state index in [0.29, 0.717) is 17.4 Å². The van der Waals surface area contributed by atoms with Gasteiger partial charge in [-0.3, -0.25) is 4.79 Å². The van der Waals surface area contributed by atoms with Crippen LogP contribution in [0.1, 0.15) is 29.3 Å². The van der Waals surface area contributed by atoms with Crippen molar-refractivity contribution in [3.63, 3.8) is 0 Å². The van der Waals surface area contributed by atoms with E-state index in [1.807, 2.05) is 18.2 Å². The summed E-state index contributed by atoms with van der Waals surface area (Å²) in [5, 5.41) is 6.05. The van der Waals surface area contributed by atoms with Gasteiger partial charge < -0.3 is 9.47 Å². The van der Waals surface area contributed by atoms with Gasteiger partial charge in [-0.25, -0.2) is 15.4 Å². The molecule has 5 rings (SSSR count). The molecule has 30 heavy (non-hydrogen) atoms. The first-order valence-corrected chi connectivity index (χ1v) is 11.6. The summed E-state index contributed by atoms with van der Waals surface area (Å²) in [6, 6.07) is 5.51. The number of fused-ring (bicyclic) bond motifs is 4. The topological polar surface area (TPSA) is 85.7 Å². The van der Waals surface area contributed by atoms with Gasteiger partial charge in [0.1, 0.15) is 16.2 Å². The molecule has 2 aliphatic rings. The van der Waals surface area contributed by atoms with E-state index in [0.717, 1.165) is 33.6 Å². The Hall–Kier alpha value is -2.65. The summed E-state index contributed by atoms with van der Waals surface area (Å²) < 4.78 is 10.6. The lowest BCUT2D eigenvalue weighted by atomic mass is 9.89. The van der Waals surface area contributed by atoms with Gasteiger partial charge in [-0.1, -0.05) is 18.7 Å². The molecule has 7 nitrogen and oxygen atoms in total. The minimum Gasteiger partial charge on any atom is -0.454 e. The molecule has 0 saturated heterocycles. The zero-order chi connectivity index (χ0) is 20.5. The number of hydrazone groups is 1. The number of hydrogen-bond acceptors (Lipinski definition) is 8. The Bertz CT molecular complexity index is 1140. The second-order valence-corrected chi connectivity index (χ2v) is 9.45. The van der Waals surface area contributed by atoms with E-state index in [2.05, 4.69) is 27.4 Å². The summed E-state index contributed by atoms with van der Waals surface area (Å²) in [5.41, 5.74) is 4.77. The van der Waals surface area contributed by atoms with E-state index in [1.165, 1.54) is 28.6 Å². The van der Waals surface area contributed by atoms with Gasteiger partial charge in [-0.2, -0.15) is 5.10 Å². The number of thioether (sulfide) groups is 1. The maximum absolute atomic E-state index is 12.3. The summed E-state index contributed by atoms with van der Waals surface area (Å²) in [5.74, 6) is 2.17. The summed E-state index contributed by atoms with van der Waals surface area (Å²) in [7, 11) is 0. The molecule has 1 atom stereocenters. The Morgan fingerprint density at radius 2 is 2.27 bits per heavy atom. The molecule has 0 bridgehead atoms. The van der Waals surface area contributed by atoms with E-state index >= 15 is 0 Å². The number of carbonyl (C=O) groups is 1. The van der Waals surface area contributed by atoms with E-state index < -0.39 is 0 Å². The minimum atomic E-state index is -0.179. The van der Waals surface area contributed by atoms with E-state index in [-0.39, 0.29) is 18.5 Å². The van der Waals surface area contributed by atoms with Gasteiger partial charge in [-0.15, -0.1) is 11.3 Å². The highest BCUT2D eigenvalue weighted by molar-refractivity contribution is 8.00. The molecule has 1 aliphatic heterocycles. The second-order valence-electron chi connectivity index (χ2n) is 7.41. The number of aryl methyl sites for hydroxylation is 1. The first-order chi connectivity index (χ1) is 14.7. The maximum Gasteiger partial charge on any atom is 0.250 e. The highest BCUT2D eigenvalue weighted by Gasteiger charge is 2.23. The number of carbonyl (C=O) groups excluding carboxylic acids is 1. The van der Waals surface area contributed by atoms with Crippen molar-refractivity contribution in [1.82, 2.24) is 15.4 Å². The van der Waals surface area contributed by atoms with Gasteiger partial charge in [-0.05, 0) is 54.5 Å². The zero-order valence-corrected chi connectivity index (χ0v) is 18.0. The van der Waals surface area contributed by atoms with Gasteiger partial charge in [0, 0.05) is 10.3 Å². The number of hydrogen-bond donors (Lipinski definition) is 1. The first-order valence-electron chi connectivity index (χ1n) is 9.77. The van der Waals surface area contributed by atoms with Crippen LogP contribution in [0.5, 0.6) is 11.5 Å². The average molecular weight is 441 g/mol. The Kier molecular flexibility index (Phi) is 5.30. The largest absolute Gasteiger partial charge is 0.454 e. The molecule has 0 saturated carbocycles. The highest BCUT2D eigenvalue weighted by Crippen LogP contribution is 2.40. The van der Waals surface area contributed by atoms with Crippen molar-refractivity contribution in [3.05, 3.63) is 40.5 Å². The molecule has 154 valence electrons. The van der Waals surface area contributed by atoms with Crippen LogP contribution in [0.3, 0.4) is 0 Å². The van der Waals surface area contributed by atoms with Crippen molar-refractivity contribution >= 4 is 45.4 Å². The Morgan fingerprint density at radius 3 is 3.20 bits per heavy atom. The molecule has 2 aromatic heterocycles. The lowest BCUT2D eigenvalue weighted by Gasteiger charge is -2.18. The number of ether oxygens (including phenoxy) is 2. The molecule has 0 radical (unpaired) electrons. The highest BCUT2D eigenvalue weighted by atomic mass is 32.2. The van der Waals surface area contributed by atoms with Crippen LogP contribution in [-0.4, -0.2) is 34.6 Å². The fourth-order valence-electron chi connectivity index (χ4n) is 3.69. The third kappa shape index (κ3) is 3.87. The minimum absolute atomic E-state index is 0.179. The lowest BCUT2D eigenvalue weighted by Crippen LogP contribution is -2.19. The van der Waals surface area contributed by atoms with Crippen LogP contribution in [0.25, 0.3) is 10.2 Å². The van der Waals surface area contributed by atoms with E-state index in [4.69, 9.17) is 9.47 Å². The van der Waals surface area contributed by atoms with E-state index in [9.17, 15) is 4.79 Å². The van der Waals surface area contributed by atoms with Crippen LogP contribution in [-0.2, 0) is 17.6 Å². The smallest absolute Gasteiger partial charge is 0.250 e. The van der Waals surface area contributed by atoms with Crippen LogP contribution in [0.2, 0.25) is 0 Å². The molecule has 3 heterocycles. The summed E-state index contributed by atoms with van der Waals surface area (Å²) in [6.07, 6.45) is 6.53. The first kappa shape index (κ1) is 19.3. The van der Waals surface area contributed by atoms with E-state index in [1.54, 1.807) is 23.9 Å². The number of nitrogens with zero attached hydrogens (tertiary/aromatic N) is 3. The van der Waals surface area contributed by atoms with Crippen molar-refractivity contribution in [2.75, 3.05) is 12.5 Å². The monoisotopic (exact) mass is 440 g/mol. The quantitative estimate of drug-likeness (QED) is 0.281. The van der Waals surface area contributed by atoms with Crippen LogP contribution >= 0.6 is 23.1 Å². The van der Waals surface area contributed by atoms with Gasteiger partial charge in [0.15, 0.2) is 11.5 Å². The van der Waals surface area contributed by atoms with Crippen molar-refractivity contribution in [2.45, 2.75) is 31.2 Å². The van der Waals surface area contributed by atoms with Crippen molar-refractivity contribution < 1.29 is 14.3 Å². The Morgan fingerprint density at radius 1 is 1.37 bits per heavy atom. The number of nitrogens with one attached hydrogen (secondary N) is 1. The summed E-state index contributed by atoms with van der Waals surface area (Å²) in [6.45, 7) is 2.52. The molecule has 9 heteroatoms. The normalized spacial score (nSPS) is 17.4. The number of benzene rings is 1. The summed E-state index contributed by atoms with van der Waals surface area (Å²) >= 11 is 3.20. The molecule has 0 spiro atoms. The third-order valence-electron chi connectivity index (χ3n) is 5.20. The number of thiophene rings is 1. The molecule has 1 aliphatic carbocycles. The fraction of sp³-hybridized carbons (Fsp3) is 0.333. The number of amides is 1. The number of rotatable bonds is 5. The van der Waals surface area contributed by atoms with Crippen molar-refractivity contribution in [3.8, 4) is 11.5 Å². The fourth-order valence-corrected chi connectivity index (χ4v) is 5.93. The predicted molar refractivity (Wildman–Crippen MR) is 118 cm³/mol. The molecule has 1 aromatic carbocycles. The Balaban J connectivity index is 1.23. The average Bonchev–Trinajstić information content (AvgIpc) is 3.35. The SMILES string of the molecule is CC1CCc2c(sc3ncnc(SCC(=O)N/N=C/c4ccc5c(c4)OCO5)c23)C1. The van der Waals surface area contributed by atoms with Crippen LogP contribution in [0.15, 0.2) is 34.7 Å². The van der Waals surface area contributed by atoms with Gasteiger partial charge in [0.25, 0.3) is 0 Å². The molecular formula is C21H20N4O3S2. The van der Waals surface area contributed by atoms with Crippen LogP contribution in [0.4, 0.5) is 0 Å². The molecule has 3 aromatic rings. The second kappa shape index (κ2) is 8.23. The van der Waals surface area contributed by atoms with Gasteiger partial charge in [0.05, 0.1) is 12.0 Å². The lowest BCUT2D eigenvalue weighted by molar-refractivity contribution is -0.118. The molecule has 1 unspecified atom stereocenters. The van der Waals surface area contributed by atoms with Gasteiger partial charge >= 0.3 is 0 Å². The standard InChI is InChI=1S/C21H20N4O3S2/c1-12-2-4-14-17(6-12)30-21-19(14)20(22-10-23-21)29-9-18(26)25-24-8-13-3-5-15-16(7-13)28-11-27-15/h3,5,7-8,10,12H,2,4,6,9,11H2,1H3,(H,25,26)/b24-8+. The zero-order valence-electron chi connectivity index (χ0n) is 16.4. The molecule has 1 N–H and O–H groups in total. The molecule has 1 amide bonds. The number of aromatic nitrogens is 2. The van der Waals surface area contributed by atoms with Gasteiger partial charge in [0.2, 0.25) is 12.7 Å². The molecule has 0 fully saturated rings. The maximum atomic E-state index is 12.3. The van der Waals surface area contributed by atoms with Crippen molar-refractivity contribution in [2.24, 2.45) is 11.0 Å². The van der Waals surface area contributed by atoms with Crippen LogP contribution in [0, 0.1) is 5.92 Å². The van der Waals surface area contributed by atoms with Crippen molar-refractivity contribution in [1.29, 1.82) is 0 Å². The predicted octanol–water partition coefficient (Wildman–Crippen LogP) is 3.79.